The van der Waals surface area contributed by atoms with E-state index >= 15 is 0 Å². The molecule has 0 bridgehead atoms. The molecule has 0 aromatic heterocycles. The van der Waals surface area contributed by atoms with Crippen LogP contribution in [0, 0.1) is 5.41 Å². The van der Waals surface area contributed by atoms with Crippen LogP contribution >= 0.6 is 0 Å². The maximum atomic E-state index is 12.2. The lowest BCUT2D eigenvalue weighted by Gasteiger charge is -2.38. The molecule has 1 atom stereocenters. The number of ether oxygens (including phenoxy) is 1. The molecule has 4 heteroatoms. The quantitative estimate of drug-likeness (QED) is 0.716. The number of carbonyl (C=O) groups excluding carboxylic acids is 1. The van der Waals surface area contributed by atoms with E-state index in [9.17, 15) is 4.79 Å². The van der Waals surface area contributed by atoms with E-state index in [1.54, 1.807) is 7.11 Å². The highest BCUT2D eigenvalue weighted by Gasteiger charge is 2.40. The van der Waals surface area contributed by atoms with Gasteiger partial charge in [0.15, 0.2) is 0 Å². The van der Waals surface area contributed by atoms with Crippen molar-refractivity contribution in [3.63, 3.8) is 0 Å². The van der Waals surface area contributed by atoms with Crippen LogP contribution in [0.4, 0.5) is 0 Å². The fourth-order valence-corrected chi connectivity index (χ4v) is 1.41. The van der Waals surface area contributed by atoms with Gasteiger partial charge in [0.25, 0.3) is 0 Å². The third kappa shape index (κ3) is 4.64. The van der Waals surface area contributed by atoms with E-state index in [0.29, 0.717) is 6.61 Å². The van der Waals surface area contributed by atoms with Crippen molar-refractivity contribution >= 4 is 5.91 Å². The van der Waals surface area contributed by atoms with E-state index < -0.39 is 11.0 Å². The average molecular weight is 244 g/mol. The van der Waals surface area contributed by atoms with Gasteiger partial charge in [-0.1, -0.05) is 13.3 Å². The first-order chi connectivity index (χ1) is 7.66. The molecule has 0 spiro atoms. The Morgan fingerprint density at radius 3 is 2.24 bits per heavy atom. The molecule has 0 aliphatic rings. The topological polar surface area (TPSA) is 64.3 Å². The van der Waals surface area contributed by atoms with Crippen molar-refractivity contribution in [2.75, 3.05) is 13.7 Å². The standard InChI is InChI=1S/C13H28N2O2/c1-7-8-10(9-17-6)15-11(16)12(2,3)13(4,5)14/h10H,7-9,14H2,1-6H3,(H,15,16). The molecule has 0 aromatic carbocycles. The van der Waals surface area contributed by atoms with E-state index in [0.717, 1.165) is 12.8 Å². The molecule has 4 nitrogen and oxygen atoms in total. The second-order valence-electron chi connectivity index (χ2n) is 5.76. The second kappa shape index (κ2) is 6.36. The Balaban J connectivity index is 4.60. The van der Waals surface area contributed by atoms with Gasteiger partial charge in [0.2, 0.25) is 5.91 Å². The minimum absolute atomic E-state index is 0.0134. The summed E-state index contributed by atoms with van der Waals surface area (Å²) in [6, 6.07) is 0.0686. The number of methoxy groups -OCH3 is 1. The first kappa shape index (κ1) is 16.4. The first-order valence-electron chi connectivity index (χ1n) is 6.25. The van der Waals surface area contributed by atoms with E-state index in [4.69, 9.17) is 10.5 Å². The minimum atomic E-state index is -0.604. The fraction of sp³-hybridized carbons (Fsp3) is 0.923. The van der Waals surface area contributed by atoms with E-state index in [2.05, 4.69) is 12.2 Å². The first-order valence-corrected chi connectivity index (χ1v) is 6.25. The van der Waals surface area contributed by atoms with Gasteiger partial charge in [0, 0.05) is 12.6 Å². The summed E-state index contributed by atoms with van der Waals surface area (Å²) in [6.07, 6.45) is 1.93. The molecule has 17 heavy (non-hydrogen) atoms. The van der Waals surface area contributed by atoms with Crippen molar-refractivity contribution < 1.29 is 9.53 Å². The molecule has 0 rings (SSSR count). The zero-order valence-corrected chi connectivity index (χ0v) is 12.1. The Labute approximate surface area is 105 Å². The normalized spacial score (nSPS) is 14.5. The predicted octanol–water partition coefficient (Wildman–Crippen LogP) is 1.68. The van der Waals surface area contributed by atoms with Crippen LogP contribution in [-0.2, 0) is 9.53 Å². The number of nitrogens with two attached hydrogens (primary N) is 1. The second-order valence-corrected chi connectivity index (χ2v) is 5.76. The summed E-state index contributed by atoms with van der Waals surface area (Å²) in [7, 11) is 1.65. The lowest BCUT2D eigenvalue weighted by atomic mass is 9.74. The molecular formula is C13H28N2O2. The Morgan fingerprint density at radius 1 is 1.35 bits per heavy atom. The molecule has 0 fully saturated rings. The molecule has 3 N–H and O–H groups in total. The molecule has 102 valence electrons. The van der Waals surface area contributed by atoms with E-state index in [-0.39, 0.29) is 11.9 Å². The predicted molar refractivity (Wildman–Crippen MR) is 70.8 cm³/mol. The van der Waals surface area contributed by atoms with Gasteiger partial charge in [0.05, 0.1) is 18.1 Å². The van der Waals surface area contributed by atoms with Crippen LogP contribution < -0.4 is 11.1 Å². The number of rotatable bonds is 7. The van der Waals surface area contributed by atoms with Crippen LogP contribution in [0.1, 0.15) is 47.5 Å². The van der Waals surface area contributed by atoms with Crippen LogP contribution in [0.3, 0.4) is 0 Å². The molecule has 0 radical (unpaired) electrons. The monoisotopic (exact) mass is 244 g/mol. The fourth-order valence-electron chi connectivity index (χ4n) is 1.41. The molecule has 1 amide bonds. The number of nitrogens with one attached hydrogen (secondary N) is 1. The molecule has 0 saturated carbocycles. The van der Waals surface area contributed by atoms with Crippen molar-refractivity contribution in [1.29, 1.82) is 0 Å². The van der Waals surface area contributed by atoms with Crippen molar-refractivity contribution in [2.45, 2.75) is 59.0 Å². The maximum Gasteiger partial charge on any atom is 0.227 e. The van der Waals surface area contributed by atoms with Crippen LogP contribution in [-0.4, -0.2) is 31.2 Å². The van der Waals surface area contributed by atoms with Crippen LogP contribution in [0.15, 0.2) is 0 Å². The molecular weight excluding hydrogens is 216 g/mol. The van der Waals surface area contributed by atoms with Crippen LogP contribution in [0.25, 0.3) is 0 Å². The lowest BCUT2D eigenvalue weighted by molar-refractivity contribution is -0.133. The number of carbonyl (C=O) groups is 1. The zero-order chi connectivity index (χ0) is 13.7. The van der Waals surface area contributed by atoms with Gasteiger partial charge in [-0.2, -0.15) is 0 Å². The third-order valence-electron chi connectivity index (χ3n) is 3.52. The Morgan fingerprint density at radius 2 is 1.88 bits per heavy atom. The zero-order valence-electron chi connectivity index (χ0n) is 12.1. The summed E-state index contributed by atoms with van der Waals surface area (Å²) in [5.41, 5.74) is 4.89. The summed E-state index contributed by atoms with van der Waals surface area (Å²) in [5, 5.41) is 3.02. The van der Waals surface area contributed by atoms with Gasteiger partial charge in [-0.25, -0.2) is 0 Å². The molecule has 0 aliphatic carbocycles. The highest BCUT2D eigenvalue weighted by molar-refractivity contribution is 5.83. The van der Waals surface area contributed by atoms with Gasteiger partial charge in [0.1, 0.15) is 0 Å². The summed E-state index contributed by atoms with van der Waals surface area (Å²) in [6.45, 7) is 10.1. The number of hydrogen-bond acceptors (Lipinski definition) is 3. The van der Waals surface area contributed by atoms with Gasteiger partial charge in [-0.15, -0.1) is 0 Å². The highest BCUT2D eigenvalue weighted by atomic mass is 16.5. The smallest absolute Gasteiger partial charge is 0.227 e. The van der Waals surface area contributed by atoms with Crippen molar-refractivity contribution in [2.24, 2.45) is 11.1 Å². The Kier molecular flexibility index (Phi) is 6.13. The summed E-state index contributed by atoms with van der Waals surface area (Å²) in [5.74, 6) is -0.0134. The van der Waals surface area contributed by atoms with Crippen molar-refractivity contribution in [3.05, 3.63) is 0 Å². The van der Waals surface area contributed by atoms with E-state index in [1.807, 2.05) is 27.7 Å². The molecule has 0 saturated heterocycles. The van der Waals surface area contributed by atoms with E-state index in [1.165, 1.54) is 0 Å². The number of amides is 1. The molecule has 0 aliphatic heterocycles. The SMILES string of the molecule is CCCC(COC)NC(=O)C(C)(C)C(C)(C)N. The van der Waals surface area contributed by atoms with Crippen LogP contribution in [0.5, 0.6) is 0 Å². The van der Waals surface area contributed by atoms with Crippen molar-refractivity contribution in [3.8, 4) is 0 Å². The lowest BCUT2D eigenvalue weighted by Crippen LogP contribution is -2.57. The summed E-state index contributed by atoms with van der Waals surface area (Å²) in [4.78, 5) is 12.2. The van der Waals surface area contributed by atoms with Gasteiger partial charge in [-0.3, -0.25) is 4.79 Å². The highest BCUT2D eigenvalue weighted by Crippen LogP contribution is 2.28. The minimum Gasteiger partial charge on any atom is -0.383 e. The summed E-state index contributed by atoms with van der Waals surface area (Å²) < 4.78 is 5.11. The Hall–Kier alpha value is -0.610. The molecule has 0 heterocycles. The van der Waals surface area contributed by atoms with Crippen LogP contribution in [0.2, 0.25) is 0 Å². The molecule has 0 aromatic rings. The van der Waals surface area contributed by atoms with Gasteiger partial charge in [-0.05, 0) is 34.1 Å². The van der Waals surface area contributed by atoms with Gasteiger partial charge >= 0.3 is 0 Å². The Bertz CT molecular complexity index is 238. The largest absolute Gasteiger partial charge is 0.383 e. The summed E-state index contributed by atoms with van der Waals surface area (Å²) >= 11 is 0. The number of hydrogen-bond donors (Lipinski definition) is 2. The third-order valence-corrected chi connectivity index (χ3v) is 3.52. The van der Waals surface area contributed by atoms with Crippen molar-refractivity contribution in [1.82, 2.24) is 5.32 Å². The molecule has 1 unspecified atom stereocenters. The van der Waals surface area contributed by atoms with Gasteiger partial charge < -0.3 is 15.8 Å². The average Bonchev–Trinajstić information content (AvgIpc) is 2.16. The maximum absolute atomic E-state index is 12.2.